The van der Waals surface area contributed by atoms with Crippen LogP contribution in [0.15, 0.2) is 52.4 Å². The Morgan fingerprint density at radius 2 is 1.69 bits per heavy atom. The average molecular weight is 576 g/mol. The molecule has 3 aromatic rings. The predicted octanol–water partition coefficient (Wildman–Crippen LogP) is 2.59. The number of aromatic nitrogens is 1. The van der Waals surface area contributed by atoms with E-state index in [1.54, 1.807) is 25.1 Å². The number of hydrogen-bond donors (Lipinski definition) is 0. The first-order valence-electron chi connectivity index (χ1n) is 12.3. The molecule has 4 rings (SSSR count). The van der Waals surface area contributed by atoms with Crippen molar-refractivity contribution in [2.24, 2.45) is 4.99 Å². The predicted molar refractivity (Wildman–Crippen MR) is 143 cm³/mol. The van der Waals surface area contributed by atoms with Crippen molar-refractivity contribution in [1.29, 1.82) is 0 Å². The van der Waals surface area contributed by atoms with E-state index in [4.69, 9.17) is 14.2 Å². The standard InChI is InChI=1S/C26H29N3O8S2/c1-5-36-25(32)19-8-11-21-22(12-19)38-26(29(21)15-23(30)35-4)27-24(31)18-6-9-20(10-7-18)39(33,34)28-13-16(2)37-17(3)14-28/h6-12,16-17H,5,13-15H2,1-4H3/t16-,17-/m0/s1. The number of carbonyl (C=O) groups excluding carboxylic acids is 3. The molecule has 0 aliphatic carbocycles. The number of esters is 2. The molecule has 0 saturated carbocycles. The monoisotopic (exact) mass is 575 g/mol. The van der Waals surface area contributed by atoms with E-state index in [-0.39, 0.29) is 53.7 Å². The lowest BCUT2D eigenvalue weighted by molar-refractivity contribution is -0.141. The highest BCUT2D eigenvalue weighted by Crippen LogP contribution is 2.23. The third-order valence-corrected chi connectivity index (χ3v) is 8.92. The summed E-state index contributed by atoms with van der Waals surface area (Å²) in [5.41, 5.74) is 1.09. The van der Waals surface area contributed by atoms with Crippen LogP contribution in [0, 0.1) is 0 Å². The molecular formula is C26H29N3O8S2. The Balaban J connectivity index is 1.67. The third-order valence-electron chi connectivity index (χ3n) is 6.03. The van der Waals surface area contributed by atoms with Crippen LogP contribution in [0.5, 0.6) is 0 Å². The van der Waals surface area contributed by atoms with Crippen LogP contribution in [0.2, 0.25) is 0 Å². The maximum Gasteiger partial charge on any atom is 0.338 e. The van der Waals surface area contributed by atoms with Crippen LogP contribution in [0.3, 0.4) is 0 Å². The Hall–Kier alpha value is -3.39. The summed E-state index contributed by atoms with van der Waals surface area (Å²) in [6, 6.07) is 10.4. The van der Waals surface area contributed by atoms with E-state index < -0.39 is 27.9 Å². The number of hydrogen-bond acceptors (Lipinski definition) is 9. The zero-order valence-corrected chi connectivity index (χ0v) is 23.6. The first kappa shape index (κ1) is 28.6. The molecular weight excluding hydrogens is 546 g/mol. The van der Waals surface area contributed by atoms with E-state index in [9.17, 15) is 22.8 Å². The van der Waals surface area contributed by atoms with Crippen LogP contribution >= 0.6 is 11.3 Å². The van der Waals surface area contributed by atoms with Crippen LogP contribution in [0.25, 0.3) is 10.2 Å². The van der Waals surface area contributed by atoms with E-state index in [1.807, 2.05) is 13.8 Å². The summed E-state index contributed by atoms with van der Waals surface area (Å²) in [6.45, 7) is 5.86. The minimum absolute atomic E-state index is 0.0643. The highest BCUT2D eigenvalue weighted by molar-refractivity contribution is 7.89. The number of fused-ring (bicyclic) bond motifs is 1. The van der Waals surface area contributed by atoms with E-state index in [0.29, 0.717) is 15.8 Å². The molecule has 1 fully saturated rings. The van der Waals surface area contributed by atoms with Crippen LogP contribution in [0.1, 0.15) is 41.5 Å². The number of amides is 1. The minimum Gasteiger partial charge on any atom is -0.468 e. The van der Waals surface area contributed by atoms with Gasteiger partial charge in [0.1, 0.15) is 6.54 Å². The van der Waals surface area contributed by atoms with Gasteiger partial charge in [0.2, 0.25) is 10.0 Å². The van der Waals surface area contributed by atoms with Crippen molar-refractivity contribution < 1.29 is 37.0 Å². The maximum atomic E-state index is 13.1. The topological polar surface area (TPSA) is 134 Å². The molecule has 0 radical (unpaired) electrons. The van der Waals surface area contributed by atoms with Crippen molar-refractivity contribution in [3.8, 4) is 0 Å². The molecule has 1 amide bonds. The number of benzene rings is 2. The molecule has 0 unspecified atom stereocenters. The second-order valence-electron chi connectivity index (χ2n) is 8.97. The van der Waals surface area contributed by atoms with Gasteiger partial charge >= 0.3 is 11.9 Å². The van der Waals surface area contributed by atoms with E-state index in [2.05, 4.69) is 4.99 Å². The number of carbonyl (C=O) groups is 3. The van der Waals surface area contributed by atoms with Gasteiger partial charge in [-0.05, 0) is 63.2 Å². The van der Waals surface area contributed by atoms with Crippen molar-refractivity contribution in [3.05, 3.63) is 58.4 Å². The van der Waals surface area contributed by atoms with Gasteiger partial charge in [0, 0.05) is 18.7 Å². The molecule has 13 heteroatoms. The Morgan fingerprint density at radius 3 is 2.31 bits per heavy atom. The van der Waals surface area contributed by atoms with E-state index in [1.165, 1.54) is 40.2 Å². The first-order chi connectivity index (χ1) is 18.5. The Bertz CT molecular complexity index is 1560. The molecule has 1 aliphatic rings. The molecule has 208 valence electrons. The van der Waals surface area contributed by atoms with Crippen LogP contribution < -0.4 is 4.80 Å². The summed E-state index contributed by atoms with van der Waals surface area (Å²) in [5.74, 6) is -1.65. The normalized spacial score (nSPS) is 18.7. The number of methoxy groups -OCH3 is 1. The third kappa shape index (κ3) is 6.27. The molecule has 11 nitrogen and oxygen atoms in total. The van der Waals surface area contributed by atoms with E-state index in [0.717, 1.165) is 11.3 Å². The Kier molecular flexibility index (Phi) is 8.64. The number of rotatable bonds is 7. The molecule has 1 aromatic heterocycles. The van der Waals surface area contributed by atoms with Crippen molar-refractivity contribution >= 4 is 49.4 Å². The fourth-order valence-corrected chi connectivity index (χ4v) is 6.90. The minimum atomic E-state index is -3.76. The number of thiazole rings is 1. The van der Waals surface area contributed by atoms with E-state index >= 15 is 0 Å². The molecule has 39 heavy (non-hydrogen) atoms. The van der Waals surface area contributed by atoms with Crippen LogP contribution in [0.4, 0.5) is 0 Å². The van der Waals surface area contributed by atoms with Gasteiger partial charge < -0.3 is 18.8 Å². The molecule has 0 spiro atoms. The van der Waals surface area contributed by atoms with Gasteiger partial charge in [-0.25, -0.2) is 13.2 Å². The zero-order chi connectivity index (χ0) is 28.3. The quantitative estimate of drug-likeness (QED) is 0.393. The fraction of sp³-hybridized carbons (Fsp3) is 0.385. The lowest BCUT2D eigenvalue weighted by Crippen LogP contribution is -2.48. The summed E-state index contributed by atoms with van der Waals surface area (Å²) >= 11 is 1.12. The molecule has 0 bridgehead atoms. The molecule has 1 saturated heterocycles. The summed E-state index contributed by atoms with van der Waals surface area (Å²) in [6.07, 6.45) is -0.455. The van der Waals surface area contributed by atoms with Crippen LogP contribution in [-0.4, -0.2) is 74.2 Å². The summed E-state index contributed by atoms with van der Waals surface area (Å²) in [4.78, 5) is 41.8. The van der Waals surface area contributed by atoms with Crippen LogP contribution in [-0.2, 0) is 35.6 Å². The fourth-order valence-electron chi connectivity index (χ4n) is 4.24. The van der Waals surface area contributed by atoms with Gasteiger partial charge in [0.05, 0.1) is 46.6 Å². The van der Waals surface area contributed by atoms with Gasteiger partial charge in [0.25, 0.3) is 5.91 Å². The first-order valence-corrected chi connectivity index (χ1v) is 14.5. The molecule has 0 N–H and O–H groups in total. The summed E-state index contributed by atoms with van der Waals surface area (Å²) in [5, 5.41) is 0. The van der Waals surface area contributed by atoms with Crippen molar-refractivity contribution in [2.45, 2.75) is 44.4 Å². The number of morpholine rings is 1. The van der Waals surface area contributed by atoms with Crippen molar-refractivity contribution in [3.63, 3.8) is 0 Å². The highest BCUT2D eigenvalue weighted by atomic mass is 32.2. The zero-order valence-electron chi connectivity index (χ0n) is 21.9. The lowest BCUT2D eigenvalue weighted by Gasteiger charge is -2.34. The van der Waals surface area contributed by atoms with Gasteiger partial charge in [-0.1, -0.05) is 11.3 Å². The number of sulfonamides is 1. The molecule has 2 atom stereocenters. The van der Waals surface area contributed by atoms with Gasteiger partial charge in [0.15, 0.2) is 4.80 Å². The smallest absolute Gasteiger partial charge is 0.338 e. The highest BCUT2D eigenvalue weighted by Gasteiger charge is 2.32. The SMILES string of the molecule is CCOC(=O)c1ccc2c(c1)sc(=NC(=O)c1ccc(S(=O)(=O)N3C[C@H](C)O[C@@H](C)C3)cc1)n2CC(=O)OC. The number of nitrogens with zero attached hydrogens (tertiary/aromatic N) is 3. The number of ether oxygens (including phenoxy) is 3. The summed E-state index contributed by atoms with van der Waals surface area (Å²) < 4.78 is 45.3. The summed E-state index contributed by atoms with van der Waals surface area (Å²) in [7, 11) is -2.51. The molecule has 2 aromatic carbocycles. The second-order valence-corrected chi connectivity index (χ2v) is 11.9. The lowest BCUT2D eigenvalue weighted by atomic mass is 10.2. The molecule has 2 heterocycles. The van der Waals surface area contributed by atoms with Crippen molar-refractivity contribution in [2.75, 3.05) is 26.8 Å². The van der Waals surface area contributed by atoms with Gasteiger partial charge in [-0.2, -0.15) is 9.30 Å². The maximum absolute atomic E-state index is 13.1. The molecule has 1 aliphatic heterocycles. The van der Waals surface area contributed by atoms with Gasteiger partial charge in [-0.15, -0.1) is 0 Å². The second kappa shape index (κ2) is 11.8. The average Bonchev–Trinajstić information content (AvgIpc) is 3.23. The van der Waals surface area contributed by atoms with Crippen molar-refractivity contribution in [1.82, 2.24) is 8.87 Å². The Labute approximate surface area is 229 Å². The van der Waals surface area contributed by atoms with Gasteiger partial charge in [-0.3, -0.25) is 9.59 Å². The Morgan fingerprint density at radius 1 is 1.05 bits per heavy atom. The largest absolute Gasteiger partial charge is 0.468 e.